The van der Waals surface area contributed by atoms with Crippen molar-refractivity contribution in [1.82, 2.24) is 4.57 Å². The van der Waals surface area contributed by atoms with Crippen molar-refractivity contribution < 1.29 is 9.53 Å². The first-order valence-electron chi connectivity index (χ1n) is 5.81. The summed E-state index contributed by atoms with van der Waals surface area (Å²) in [6.45, 7) is 5.29. The third-order valence-corrected chi connectivity index (χ3v) is 2.45. The van der Waals surface area contributed by atoms with Gasteiger partial charge in [0.25, 0.3) is 0 Å². The molecule has 0 spiro atoms. The van der Waals surface area contributed by atoms with Crippen LogP contribution in [-0.4, -0.2) is 17.1 Å². The minimum atomic E-state index is -0.283. The average molecular weight is 224 g/mol. The number of carbonyl (C=O) groups is 1. The normalized spacial score (nSPS) is 10.4. The van der Waals surface area contributed by atoms with Crippen molar-refractivity contribution >= 4 is 11.7 Å². The fourth-order valence-corrected chi connectivity index (χ4v) is 1.56. The number of aryl methyl sites for hydroxylation is 1. The largest absolute Gasteiger partial charge is 0.461 e. The van der Waals surface area contributed by atoms with E-state index >= 15 is 0 Å². The number of aromatic nitrogens is 1. The smallest absolute Gasteiger partial charge is 0.355 e. The molecular weight excluding hydrogens is 204 g/mol. The maximum atomic E-state index is 11.7. The first kappa shape index (κ1) is 12.6. The second-order valence-corrected chi connectivity index (χ2v) is 3.79. The minimum absolute atomic E-state index is 0.283. The molecule has 0 aliphatic heterocycles. The van der Waals surface area contributed by atoms with Crippen molar-refractivity contribution in [2.24, 2.45) is 0 Å². The van der Waals surface area contributed by atoms with E-state index in [2.05, 4.69) is 6.92 Å². The maximum Gasteiger partial charge on any atom is 0.355 e. The van der Waals surface area contributed by atoms with E-state index in [4.69, 9.17) is 10.5 Å². The maximum absolute atomic E-state index is 11.7. The molecule has 0 fully saturated rings. The van der Waals surface area contributed by atoms with Gasteiger partial charge in [-0.2, -0.15) is 0 Å². The Morgan fingerprint density at radius 2 is 2.19 bits per heavy atom. The SMILES string of the molecule is CCCCCOC(=O)c1cc(N)cn1CC. The van der Waals surface area contributed by atoms with Gasteiger partial charge < -0.3 is 15.0 Å². The number of nitrogen functional groups attached to an aromatic ring is 1. The lowest BCUT2D eigenvalue weighted by atomic mass is 10.3. The Morgan fingerprint density at radius 3 is 2.81 bits per heavy atom. The number of unbranched alkanes of at least 4 members (excludes halogenated alkanes) is 2. The van der Waals surface area contributed by atoms with Crippen molar-refractivity contribution in [1.29, 1.82) is 0 Å². The lowest BCUT2D eigenvalue weighted by Crippen LogP contribution is -2.11. The summed E-state index contributed by atoms with van der Waals surface area (Å²) in [6, 6.07) is 1.66. The molecule has 0 atom stereocenters. The molecule has 1 heterocycles. The number of nitrogens with zero attached hydrogens (tertiary/aromatic N) is 1. The number of hydrogen-bond donors (Lipinski definition) is 1. The molecule has 0 unspecified atom stereocenters. The van der Waals surface area contributed by atoms with Gasteiger partial charge in [0.05, 0.1) is 12.3 Å². The van der Waals surface area contributed by atoms with Crippen LogP contribution in [0, 0.1) is 0 Å². The summed E-state index contributed by atoms with van der Waals surface area (Å²) in [5.41, 5.74) is 6.78. The first-order chi connectivity index (χ1) is 7.69. The van der Waals surface area contributed by atoms with E-state index in [1.807, 2.05) is 6.92 Å². The van der Waals surface area contributed by atoms with Gasteiger partial charge >= 0.3 is 5.97 Å². The first-order valence-corrected chi connectivity index (χ1v) is 5.81. The molecular formula is C12H20N2O2. The lowest BCUT2D eigenvalue weighted by molar-refractivity contribution is 0.0486. The van der Waals surface area contributed by atoms with Crippen molar-refractivity contribution in [2.45, 2.75) is 39.7 Å². The highest BCUT2D eigenvalue weighted by molar-refractivity contribution is 5.89. The van der Waals surface area contributed by atoms with Crippen LogP contribution in [0.25, 0.3) is 0 Å². The average Bonchev–Trinajstić information content (AvgIpc) is 2.65. The summed E-state index contributed by atoms with van der Waals surface area (Å²) in [7, 11) is 0. The van der Waals surface area contributed by atoms with Crippen molar-refractivity contribution in [3.8, 4) is 0 Å². The Bertz CT molecular complexity index is 345. The number of esters is 1. The standard InChI is InChI=1S/C12H20N2O2/c1-3-5-6-7-16-12(15)11-8-10(13)9-14(11)4-2/h8-9H,3-7,13H2,1-2H3. The highest BCUT2D eigenvalue weighted by Gasteiger charge is 2.12. The van der Waals surface area contributed by atoms with Gasteiger partial charge in [-0.15, -0.1) is 0 Å². The number of carbonyl (C=O) groups excluding carboxylic acids is 1. The van der Waals surface area contributed by atoms with Crippen LogP contribution in [0.15, 0.2) is 12.3 Å². The van der Waals surface area contributed by atoms with Crippen LogP contribution in [0.1, 0.15) is 43.6 Å². The predicted octanol–water partition coefficient (Wildman–Crippen LogP) is 2.44. The summed E-state index contributed by atoms with van der Waals surface area (Å²) >= 11 is 0. The summed E-state index contributed by atoms with van der Waals surface area (Å²) in [5, 5.41) is 0. The second kappa shape index (κ2) is 6.20. The van der Waals surface area contributed by atoms with Crippen LogP contribution in [0.2, 0.25) is 0 Å². The molecule has 4 nitrogen and oxygen atoms in total. The molecule has 90 valence electrons. The molecule has 4 heteroatoms. The number of ether oxygens (including phenoxy) is 1. The Kier molecular flexibility index (Phi) is 4.89. The monoisotopic (exact) mass is 224 g/mol. The summed E-state index contributed by atoms with van der Waals surface area (Å²) in [6.07, 6.45) is 4.88. The van der Waals surface area contributed by atoms with Crippen molar-refractivity contribution in [2.75, 3.05) is 12.3 Å². The van der Waals surface area contributed by atoms with Crippen LogP contribution in [0.4, 0.5) is 5.69 Å². The van der Waals surface area contributed by atoms with E-state index in [0.717, 1.165) is 25.8 Å². The topological polar surface area (TPSA) is 57.2 Å². The number of hydrogen-bond acceptors (Lipinski definition) is 3. The van der Waals surface area contributed by atoms with E-state index in [-0.39, 0.29) is 5.97 Å². The van der Waals surface area contributed by atoms with Gasteiger partial charge in [-0.3, -0.25) is 0 Å². The van der Waals surface area contributed by atoms with Crippen molar-refractivity contribution in [3.05, 3.63) is 18.0 Å². The molecule has 16 heavy (non-hydrogen) atoms. The van der Waals surface area contributed by atoms with E-state index in [1.54, 1.807) is 16.8 Å². The van der Waals surface area contributed by atoms with Crippen LogP contribution in [0.5, 0.6) is 0 Å². The Hall–Kier alpha value is -1.45. The van der Waals surface area contributed by atoms with E-state index in [9.17, 15) is 4.79 Å². The Balaban J connectivity index is 2.51. The third-order valence-electron chi connectivity index (χ3n) is 2.45. The third kappa shape index (κ3) is 3.29. The molecule has 1 aromatic rings. The van der Waals surface area contributed by atoms with Crippen LogP contribution in [0.3, 0.4) is 0 Å². The summed E-state index contributed by atoms with van der Waals surface area (Å²) in [5.74, 6) is -0.283. The second-order valence-electron chi connectivity index (χ2n) is 3.79. The van der Waals surface area contributed by atoms with E-state index in [1.165, 1.54) is 0 Å². The fraction of sp³-hybridized carbons (Fsp3) is 0.583. The molecule has 0 bridgehead atoms. The molecule has 0 saturated heterocycles. The molecule has 1 rings (SSSR count). The van der Waals surface area contributed by atoms with Crippen LogP contribution < -0.4 is 5.73 Å². The number of rotatable bonds is 6. The van der Waals surface area contributed by atoms with Crippen LogP contribution >= 0.6 is 0 Å². The van der Waals surface area contributed by atoms with E-state index < -0.39 is 0 Å². The molecule has 0 saturated carbocycles. The van der Waals surface area contributed by atoms with Gasteiger partial charge in [0.15, 0.2) is 0 Å². The van der Waals surface area contributed by atoms with Gasteiger partial charge in [-0.05, 0) is 19.4 Å². The zero-order valence-corrected chi connectivity index (χ0v) is 10.0. The van der Waals surface area contributed by atoms with Gasteiger partial charge in [-0.1, -0.05) is 19.8 Å². The molecule has 1 aromatic heterocycles. The lowest BCUT2D eigenvalue weighted by Gasteiger charge is -2.06. The van der Waals surface area contributed by atoms with Crippen LogP contribution in [-0.2, 0) is 11.3 Å². The summed E-state index contributed by atoms with van der Waals surface area (Å²) in [4.78, 5) is 11.7. The van der Waals surface area contributed by atoms with Crippen molar-refractivity contribution in [3.63, 3.8) is 0 Å². The molecule has 2 N–H and O–H groups in total. The molecule has 0 amide bonds. The van der Waals surface area contributed by atoms with Gasteiger partial charge in [0.2, 0.25) is 0 Å². The molecule has 0 aliphatic carbocycles. The van der Waals surface area contributed by atoms with Gasteiger partial charge in [0, 0.05) is 12.7 Å². The number of nitrogens with two attached hydrogens (primary N) is 1. The molecule has 0 aromatic carbocycles. The zero-order valence-electron chi connectivity index (χ0n) is 10.0. The summed E-state index contributed by atoms with van der Waals surface area (Å²) < 4.78 is 6.97. The number of anilines is 1. The van der Waals surface area contributed by atoms with Gasteiger partial charge in [-0.25, -0.2) is 4.79 Å². The van der Waals surface area contributed by atoms with E-state index in [0.29, 0.717) is 18.0 Å². The molecule has 0 radical (unpaired) electrons. The Labute approximate surface area is 96.4 Å². The van der Waals surface area contributed by atoms with Gasteiger partial charge in [0.1, 0.15) is 5.69 Å². The predicted molar refractivity (Wildman–Crippen MR) is 64.3 cm³/mol. The highest BCUT2D eigenvalue weighted by atomic mass is 16.5. The highest BCUT2D eigenvalue weighted by Crippen LogP contribution is 2.12. The Morgan fingerprint density at radius 1 is 1.44 bits per heavy atom. The molecule has 0 aliphatic rings. The fourth-order valence-electron chi connectivity index (χ4n) is 1.56. The quantitative estimate of drug-likeness (QED) is 0.596. The minimum Gasteiger partial charge on any atom is -0.461 e. The zero-order chi connectivity index (χ0) is 12.0.